The van der Waals surface area contributed by atoms with Crippen molar-refractivity contribution >= 4 is 29.4 Å². The lowest BCUT2D eigenvalue weighted by molar-refractivity contribution is -0.114. The van der Waals surface area contributed by atoms with Crippen molar-refractivity contribution in [2.45, 2.75) is 32.1 Å². The van der Waals surface area contributed by atoms with Crippen molar-refractivity contribution in [2.75, 3.05) is 10.0 Å². The van der Waals surface area contributed by atoms with Crippen LogP contribution in [0.5, 0.6) is 0 Å². The van der Waals surface area contributed by atoms with E-state index in [9.17, 15) is 4.79 Å². The van der Waals surface area contributed by atoms with Crippen LogP contribution in [0.3, 0.4) is 0 Å². The van der Waals surface area contributed by atoms with Crippen molar-refractivity contribution in [2.24, 2.45) is 0 Å². The van der Waals surface area contributed by atoms with Gasteiger partial charge in [0.15, 0.2) is 0 Å². The largest absolute Gasteiger partial charge is 0.324 e. The lowest BCUT2D eigenvalue weighted by Crippen LogP contribution is -2.07. The Labute approximate surface area is 163 Å². The number of rotatable bonds is 6. The first kappa shape index (κ1) is 18.9. The molecule has 0 saturated heterocycles. The van der Waals surface area contributed by atoms with Crippen LogP contribution in [0.25, 0.3) is 11.1 Å². The second-order valence-electron chi connectivity index (χ2n) is 6.17. The molecule has 2 heterocycles. The lowest BCUT2D eigenvalue weighted by atomic mass is 10.1. The summed E-state index contributed by atoms with van der Waals surface area (Å²) in [5, 5.41) is 2.71. The summed E-state index contributed by atoms with van der Waals surface area (Å²) in [5.41, 5.74) is 5.11. The molecule has 0 fully saturated rings. The molecule has 1 aromatic carbocycles. The predicted octanol–water partition coefficient (Wildman–Crippen LogP) is 5.09. The highest BCUT2D eigenvalue weighted by molar-refractivity contribution is 8.00. The van der Waals surface area contributed by atoms with Crippen LogP contribution in [-0.4, -0.2) is 15.9 Å². The zero-order valence-corrected chi connectivity index (χ0v) is 16.4. The van der Waals surface area contributed by atoms with Crippen LogP contribution in [0.2, 0.25) is 0 Å². The minimum absolute atomic E-state index is 0.144. The van der Waals surface area contributed by atoms with Gasteiger partial charge in [-0.1, -0.05) is 19.1 Å². The summed E-state index contributed by atoms with van der Waals surface area (Å²) in [4.78, 5) is 21.1. The fourth-order valence-electron chi connectivity index (χ4n) is 2.56. The zero-order chi connectivity index (χ0) is 19.2. The van der Waals surface area contributed by atoms with E-state index in [1.54, 1.807) is 18.1 Å². The molecule has 0 saturated carbocycles. The Hall–Kier alpha value is -2.86. The summed E-state index contributed by atoms with van der Waals surface area (Å²) >= 11 is 1.56. The maximum Gasteiger partial charge on any atom is 0.222 e. The Morgan fingerprint density at radius 1 is 1.07 bits per heavy atom. The number of nitrogens with zero attached hydrogens (tertiary/aromatic N) is 2. The van der Waals surface area contributed by atoms with Crippen LogP contribution in [0.1, 0.15) is 25.1 Å². The molecule has 3 rings (SSSR count). The quantitative estimate of drug-likeness (QED) is 0.585. The first-order valence-electron chi connectivity index (χ1n) is 8.77. The van der Waals surface area contributed by atoms with Gasteiger partial charge in [0.2, 0.25) is 5.91 Å². The van der Waals surface area contributed by atoms with Crippen LogP contribution in [0.15, 0.2) is 59.8 Å². The number of carbonyl (C=O) groups excluding carboxylic acids is 1. The van der Waals surface area contributed by atoms with Gasteiger partial charge in [-0.25, -0.2) is 4.98 Å². The third-order valence-electron chi connectivity index (χ3n) is 4.09. The van der Waals surface area contributed by atoms with E-state index in [0.29, 0.717) is 5.82 Å². The lowest BCUT2D eigenvalue weighted by Gasteiger charge is -2.11. The fourth-order valence-corrected chi connectivity index (χ4v) is 3.27. The van der Waals surface area contributed by atoms with Crippen molar-refractivity contribution in [3.8, 4) is 11.1 Å². The number of anilines is 2. The minimum atomic E-state index is -0.144. The van der Waals surface area contributed by atoms with Crippen LogP contribution in [-0.2, 0) is 11.2 Å². The summed E-state index contributed by atoms with van der Waals surface area (Å²) in [6.07, 6.45) is 4.54. The fraction of sp³-hybridized carbons (Fsp3) is 0.190. The van der Waals surface area contributed by atoms with Gasteiger partial charge in [-0.05, 0) is 66.8 Å². The maximum absolute atomic E-state index is 11.2. The van der Waals surface area contributed by atoms with Crippen LogP contribution < -0.4 is 10.0 Å². The Kier molecular flexibility index (Phi) is 6.08. The molecule has 0 bridgehead atoms. The average Bonchev–Trinajstić information content (AvgIpc) is 2.67. The highest BCUT2D eigenvalue weighted by Gasteiger charge is 2.07. The van der Waals surface area contributed by atoms with E-state index in [1.165, 1.54) is 12.5 Å². The van der Waals surface area contributed by atoms with Crippen molar-refractivity contribution < 1.29 is 4.79 Å². The number of nitrogens with one attached hydrogen (secondary N) is 2. The minimum Gasteiger partial charge on any atom is -0.324 e. The van der Waals surface area contributed by atoms with E-state index in [-0.39, 0.29) is 5.91 Å². The molecule has 1 amide bonds. The third-order valence-corrected chi connectivity index (χ3v) is 4.92. The summed E-state index contributed by atoms with van der Waals surface area (Å²) in [7, 11) is 0. The number of pyridine rings is 2. The number of amides is 1. The SMILES string of the molecule is CCc1ccc(SNc2cc(-c3ccnc(NC(C)=O)c3)cnc2C)cc1. The molecule has 27 heavy (non-hydrogen) atoms. The molecule has 2 N–H and O–H groups in total. The molecule has 0 aliphatic heterocycles. The second-order valence-corrected chi connectivity index (χ2v) is 7.05. The van der Waals surface area contributed by atoms with Crippen molar-refractivity contribution in [3.05, 3.63) is 66.1 Å². The van der Waals surface area contributed by atoms with Gasteiger partial charge < -0.3 is 10.0 Å². The highest BCUT2D eigenvalue weighted by Crippen LogP contribution is 2.28. The Morgan fingerprint density at radius 2 is 1.85 bits per heavy atom. The van der Waals surface area contributed by atoms with E-state index in [2.05, 4.69) is 57.3 Å². The highest BCUT2D eigenvalue weighted by atomic mass is 32.2. The van der Waals surface area contributed by atoms with Crippen LogP contribution in [0.4, 0.5) is 11.5 Å². The molecule has 5 nitrogen and oxygen atoms in total. The second kappa shape index (κ2) is 8.68. The van der Waals surface area contributed by atoms with Gasteiger partial charge in [-0.2, -0.15) is 0 Å². The standard InChI is InChI=1S/C21H22N4OS/c1-4-16-5-7-19(8-6-16)27-25-20-11-18(13-23-14(20)2)17-9-10-22-21(12-17)24-15(3)26/h5-13,25H,4H2,1-3H3,(H,22,24,26). The molecule has 0 atom stereocenters. The molecule has 138 valence electrons. The van der Waals surface area contributed by atoms with Gasteiger partial charge >= 0.3 is 0 Å². The van der Waals surface area contributed by atoms with E-state index in [0.717, 1.165) is 33.8 Å². The van der Waals surface area contributed by atoms with E-state index < -0.39 is 0 Å². The van der Waals surface area contributed by atoms with Gasteiger partial charge in [0.25, 0.3) is 0 Å². The number of hydrogen-bond acceptors (Lipinski definition) is 5. The number of aryl methyl sites for hydroxylation is 2. The molecular weight excluding hydrogens is 356 g/mol. The van der Waals surface area contributed by atoms with Crippen LogP contribution in [0, 0.1) is 6.92 Å². The molecule has 0 unspecified atom stereocenters. The van der Waals surface area contributed by atoms with E-state index >= 15 is 0 Å². The summed E-state index contributed by atoms with van der Waals surface area (Å²) in [6, 6.07) is 14.3. The number of carbonyl (C=O) groups is 1. The number of hydrogen-bond donors (Lipinski definition) is 2. The molecule has 0 aliphatic rings. The Morgan fingerprint density at radius 3 is 2.56 bits per heavy atom. The van der Waals surface area contributed by atoms with Gasteiger partial charge in [0.05, 0.1) is 11.4 Å². The van der Waals surface area contributed by atoms with Crippen molar-refractivity contribution in [3.63, 3.8) is 0 Å². The molecular formula is C21H22N4OS. The van der Waals surface area contributed by atoms with Gasteiger partial charge in [-0.3, -0.25) is 9.78 Å². The molecule has 0 spiro atoms. The number of aromatic nitrogens is 2. The Bertz CT molecular complexity index is 941. The van der Waals surface area contributed by atoms with E-state index in [1.807, 2.05) is 25.3 Å². The predicted molar refractivity (Wildman–Crippen MR) is 112 cm³/mol. The average molecular weight is 379 g/mol. The van der Waals surface area contributed by atoms with Gasteiger partial charge in [0.1, 0.15) is 5.82 Å². The smallest absolute Gasteiger partial charge is 0.222 e. The first-order chi connectivity index (χ1) is 13.0. The Balaban J connectivity index is 1.78. The zero-order valence-electron chi connectivity index (χ0n) is 15.6. The third kappa shape index (κ3) is 5.08. The summed E-state index contributed by atoms with van der Waals surface area (Å²) in [5.74, 6) is 0.384. The van der Waals surface area contributed by atoms with Gasteiger partial charge in [0, 0.05) is 29.8 Å². The monoisotopic (exact) mass is 378 g/mol. The maximum atomic E-state index is 11.2. The molecule has 6 heteroatoms. The van der Waals surface area contributed by atoms with E-state index in [4.69, 9.17) is 0 Å². The molecule has 3 aromatic rings. The first-order valence-corrected chi connectivity index (χ1v) is 9.59. The van der Waals surface area contributed by atoms with Crippen LogP contribution >= 0.6 is 11.9 Å². The number of benzene rings is 1. The normalized spacial score (nSPS) is 10.5. The molecule has 0 radical (unpaired) electrons. The van der Waals surface area contributed by atoms with Crippen molar-refractivity contribution in [1.29, 1.82) is 0 Å². The summed E-state index contributed by atoms with van der Waals surface area (Å²) < 4.78 is 3.39. The topological polar surface area (TPSA) is 66.9 Å². The summed E-state index contributed by atoms with van der Waals surface area (Å²) in [6.45, 7) is 5.59. The van der Waals surface area contributed by atoms with Crippen molar-refractivity contribution in [1.82, 2.24) is 9.97 Å². The molecule has 2 aromatic heterocycles. The van der Waals surface area contributed by atoms with Gasteiger partial charge in [-0.15, -0.1) is 0 Å². The molecule has 0 aliphatic carbocycles.